The second-order valence-electron chi connectivity index (χ2n) is 4.56. The maximum absolute atomic E-state index is 13.3. The molecule has 21 heavy (non-hydrogen) atoms. The van der Waals surface area contributed by atoms with Crippen molar-refractivity contribution < 1.29 is 13.2 Å². The van der Waals surface area contributed by atoms with E-state index in [-0.39, 0.29) is 0 Å². The predicted octanol–water partition coefficient (Wildman–Crippen LogP) is 4.91. The van der Waals surface area contributed by atoms with Crippen LogP contribution in [0.25, 0.3) is 0 Å². The number of likely N-dealkylation sites (N-methyl/N-ethyl adjacent to an activating group) is 1. The van der Waals surface area contributed by atoms with Crippen molar-refractivity contribution in [2.75, 3.05) is 7.05 Å². The van der Waals surface area contributed by atoms with E-state index in [9.17, 15) is 13.2 Å². The minimum Gasteiger partial charge on any atom is -0.313 e. The third-order valence-electron chi connectivity index (χ3n) is 3.21. The minimum atomic E-state index is -1.48. The number of halogens is 5. The van der Waals surface area contributed by atoms with Gasteiger partial charge >= 0.3 is 0 Å². The van der Waals surface area contributed by atoms with E-state index >= 15 is 0 Å². The molecule has 0 heterocycles. The molecule has 0 fully saturated rings. The van der Waals surface area contributed by atoms with E-state index in [0.717, 1.165) is 17.7 Å². The topological polar surface area (TPSA) is 12.0 Å². The third kappa shape index (κ3) is 3.51. The molecule has 0 spiro atoms. The summed E-state index contributed by atoms with van der Waals surface area (Å²) in [6, 6.07) is 6.68. The van der Waals surface area contributed by atoms with Crippen molar-refractivity contribution in [2.45, 2.75) is 12.5 Å². The number of nitrogens with one attached hydrogen (secondary N) is 1. The van der Waals surface area contributed by atoms with Crippen molar-refractivity contribution in [3.8, 4) is 0 Å². The van der Waals surface area contributed by atoms with E-state index in [1.54, 1.807) is 25.2 Å². The Kier molecular flexibility index (Phi) is 5.14. The standard InChI is InChI=1S/C15H12Cl2F3N/c1-21-13(7-8-3-2-4-10(16)14(8)17)9-5-11(18)15(20)12(19)6-9/h2-6,13,21H,7H2,1H3. The Hall–Kier alpha value is -1.23. The van der Waals surface area contributed by atoms with Crippen LogP contribution in [0, 0.1) is 17.5 Å². The molecule has 1 N–H and O–H groups in total. The zero-order valence-corrected chi connectivity index (χ0v) is 12.6. The summed E-state index contributed by atoms with van der Waals surface area (Å²) < 4.78 is 39.7. The summed E-state index contributed by atoms with van der Waals surface area (Å²) >= 11 is 12.0. The molecule has 0 aromatic heterocycles. The first-order valence-electron chi connectivity index (χ1n) is 6.18. The van der Waals surface area contributed by atoms with Crippen LogP contribution in [0.15, 0.2) is 30.3 Å². The van der Waals surface area contributed by atoms with Gasteiger partial charge in [0.05, 0.1) is 10.0 Å². The van der Waals surface area contributed by atoms with Crippen LogP contribution in [0.2, 0.25) is 10.0 Å². The quantitative estimate of drug-likeness (QED) is 0.783. The van der Waals surface area contributed by atoms with Crippen molar-refractivity contribution in [2.24, 2.45) is 0 Å². The van der Waals surface area contributed by atoms with Gasteiger partial charge in [-0.15, -0.1) is 0 Å². The molecule has 112 valence electrons. The van der Waals surface area contributed by atoms with Gasteiger partial charge in [0.25, 0.3) is 0 Å². The molecule has 0 saturated heterocycles. The maximum atomic E-state index is 13.3. The highest BCUT2D eigenvalue weighted by Crippen LogP contribution is 2.30. The van der Waals surface area contributed by atoms with Crippen molar-refractivity contribution >= 4 is 23.2 Å². The summed E-state index contributed by atoms with van der Waals surface area (Å²) in [5, 5.41) is 3.72. The molecule has 0 amide bonds. The molecule has 0 aliphatic rings. The molecule has 1 nitrogen and oxygen atoms in total. The molecule has 1 atom stereocenters. The van der Waals surface area contributed by atoms with Crippen LogP contribution in [0.4, 0.5) is 13.2 Å². The lowest BCUT2D eigenvalue weighted by Crippen LogP contribution is -2.19. The number of rotatable bonds is 4. The molecule has 2 rings (SSSR count). The molecule has 2 aromatic rings. The Bertz CT molecular complexity index is 638. The molecule has 0 aliphatic carbocycles. The number of benzene rings is 2. The minimum absolute atomic E-state index is 0.296. The summed E-state index contributed by atoms with van der Waals surface area (Å²) in [7, 11) is 1.64. The van der Waals surface area contributed by atoms with Crippen LogP contribution in [-0.4, -0.2) is 7.05 Å². The first-order chi connectivity index (χ1) is 9.93. The van der Waals surface area contributed by atoms with E-state index in [1.807, 2.05) is 0 Å². The van der Waals surface area contributed by atoms with Gasteiger partial charge in [-0.05, 0) is 42.8 Å². The summed E-state index contributed by atoms with van der Waals surface area (Å²) in [4.78, 5) is 0. The van der Waals surface area contributed by atoms with Crippen LogP contribution in [0.1, 0.15) is 17.2 Å². The highest BCUT2D eigenvalue weighted by atomic mass is 35.5. The SMILES string of the molecule is CNC(Cc1cccc(Cl)c1Cl)c1cc(F)c(F)c(F)c1. The van der Waals surface area contributed by atoms with Gasteiger partial charge in [0.1, 0.15) is 0 Å². The molecule has 0 aliphatic heterocycles. The highest BCUT2D eigenvalue weighted by molar-refractivity contribution is 6.42. The van der Waals surface area contributed by atoms with Crippen LogP contribution in [0.5, 0.6) is 0 Å². The summed E-state index contributed by atoms with van der Waals surface area (Å²) in [6.07, 6.45) is 0.362. The lowest BCUT2D eigenvalue weighted by molar-refractivity contribution is 0.441. The van der Waals surface area contributed by atoms with Crippen molar-refractivity contribution in [1.82, 2.24) is 5.32 Å². The molecular formula is C15H12Cl2F3N. The second kappa shape index (κ2) is 6.69. The van der Waals surface area contributed by atoms with Crippen LogP contribution < -0.4 is 5.32 Å². The summed E-state index contributed by atoms with van der Waals surface area (Å²) in [6.45, 7) is 0. The summed E-state index contributed by atoms with van der Waals surface area (Å²) in [5.41, 5.74) is 1.03. The zero-order valence-electron chi connectivity index (χ0n) is 11.1. The molecule has 0 radical (unpaired) electrons. The monoisotopic (exact) mass is 333 g/mol. The fraction of sp³-hybridized carbons (Fsp3) is 0.200. The lowest BCUT2D eigenvalue weighted by Gasteiger charge is -2.18. The largest absolute Gasteiger partial charge is 0.313 e. The van der Waals surface area contributed by atoms with Gasteiger partial charge in [-0.1, -0.05) is 35.3 Å². The maximum Gasteiger partial charge on any atom is 0.194 e. The summed E-state index contributed by atoms with van der Waals surface area (Å²) in [5.74, 6) is -3.92. The normalized spacial score (nSPS) is 12.5. The first kappa shape index (κ1) is 16.1. The van der Waals surface area contributed by atoms with E-state index in [2.05, 4.69) is 5.32 Å². The van der Waals surface area contributed by atoms with E-state index in [1.165, 1.54) is 0 Å². The zero-order chi connectivity index (χ0) is 15.6. The van der Waals surface area contributed by atoms with Gasteiger partial charge in [0.2, 0.25) is 0 Å². The van der Waals surface area contributed by atoms with Gasteiger partial charge in [-0.2, -0.15) is 0 Å². The van der Waals surface area contributed by atoms with Crippen LogP contribution >= 0.6 is 23.2 Å². The van der Waals surface area contributed by atoms with Gasteiger partial charge in [0, 0.05) is 6.04 Å². The highest BCUT2D eigenvalue weighted by Gasteiger charge is 2.18. The third-order valence-corrected chi connectivity index (χ3v) is 4.07. The van der Waals surface area contributed by atoms with Gasteiger partial charge in [-0.3, -0.25) is 0 Å². The average Bonchev–Trinajstić information content (AvgIpc) is 2.46. The second-order valence-corrected chi connectivity index (χ2v) is 5.34. The predicted molar refractivity (Wildman–Crippen MR) is 78.3 cm³/mol. The van der Waals surface area contributed by atoms with E-state index < -0.39 is 23.5 Å². The molecule has 2 aromatic carbocycles. The molecule has 0 saturated carbocycles. The van der Waals surface area contributed by atoms with Crippen LogP contribution in [0.3, 0.4) is 0 Å². The van der Waals surface area contributed by atoms with Crippen molar-refractivity contribution in [3.63, 3.8) is 0 Å². The number of hydrogen-bond acceptors (Lipinski definition) is 1. The Morgan fingerprint density at radius 2 is 1.71 bits per heavy atom. The molecule has 1 unspecified atom stereocenters. The lowest BCUT2D eigenvalue weighted by atomic mass is 9.98. The first-order valence-corrected chi connectivity index (χ1v) is 6.94. The Morgan fingerprint density at radius 3 is 2.29 bits per heavy atom. The Labute approximate surface area is 130 Å². The fourth-order valence-electron chi connectivity index (χ4n) is 2.09. The Morgan fingerprint density at radius 1 is 1.10 bits per heavy atom. The molecule has 0 bridgehead atoms. The number of hydrogen-bond donors (Lipinski definition) is 1. The average molecular weight is 334 g/mol. The van der Waals surface area contributed by atoms with E-state index in [4.69, 9.17) is 23.2 Å². The van der Waals surface area contributed by atoms with Gasteiger partial charge in [0.15, 0.2) is 17.5 Å². The van der Waals surface area contributed by atoms with Crippen molar-refractivity contribution in [3.05, 3.63) is 69.0 Å². The molecule has 6 heteroatoms. The van der Waals surface area contributed by atoms with Crippen LogP contribution in [-0.2, 0) is 6.42 Å². The van der Waals surface area contributed by atoms with Gasteiger partial charge < -0.3 is 5.32 Å². The van der Waals surface area contributed by atoms with Gasteiger partial charge in [-0.25, -0.2) is 13.2 Å². The molecular weight excluding hydrogens is 322 g/mol. The Balaban J connectivity index is 2.34. The smallest absolute Gasteiger partial charge is 0.194 e. The van der Waals surface area contributed by atoms with E-state index in [0.29, 0.717) is 22.0 Å². The van der Waals surface area contributed by atoms with Crippen molar-refractivity contribution in [1.29, 1.82) is 0 Å². The fourth-order valence-corrected chi connectivity index (χ4v) is 2.49.